The molecule has 116 valence electrons. The van der Waals surface area contributed by atoms with Gasteiger partial charge in [0.15, 0.2) is 0 Å². The fourth-order valence-corrected chi connectivity index (χ4v) is 3.96. The molecule has 22 heavy (non-hydrogen) atoms. The van der Waals surface area contributed by atoms with E-state index in [1.165, 1.54) is 0 Å². The van der Waals surface area contributed by atoms with Crippen LogP contribution in [0.25, 0.3) is 10.8 Å². The van der Waals surface area contributed by atoms with Crippen LogP contribution >= 0.6 is 0 Å². The average Bonchev–Trinajstić information content (AvgIpc) is 2.75. The number of carbonyl (C=O) groups excluding carboxylic acids is 1. The molecular formula is C15H17N3O3S. The molecule has 0 fully saturated rings. The van der Waals surface area contributed by atoms with Crippen LogP contribution in [0.2, 0.25) is 0 Å². The molecule has 3 rings (SSSR count). The molecule has 1 aliphatic heterocycles. The lowest BCUT2D eigenvalue weighted by atomic mass is 10.1. The summed E-state index contributed by atoms with van der Waals surface area (Å²) < 4.78 is 27.5. The van der Waals surface area contributed by atoms with E-state index < -0.39 is 10.0 Å². The summed E-state index contributed by atoms with van der Waals surface area (Å²) in [6, 6.07) is 8.41. The highest BCUT2D eigenvalue weighted by Gasteiger charge is 2.29. The van der Waals surface area contributed by atoms with E-state index in [4.69, 9.17) is 0 Å². The maximum absolute atomic E-state index is 12.5. The van der Waals surface area contributed by atoms with Crippen LogP contribution in [0.1, 0.15) is 10.4 Å². The molecule has 2 aromatic rings. The monoisotopic (exact) mass is 319 g/mol. The Hall–Kier alpha value is -1.96. The van der Waals surface area contributed by atoms with E-state index in [9.17, 15) is 13.2 Å². The number of carbonyl (C=O) groups is 1. The molecule has 0 aliphatic carbocycles. The van der Waals surface area contributed by atoms with Crippen molar-refractivity contribution < 1.29 is 13.2 Å². The SMILES string of the molecule is CNCCNS(=O)(=O)c1ccc2c3c(cccc13)C(=O)N2C. The highest BCUT2D eigenvalue weighted by atomic mass is 32.2. The Kier molecular flexibility index (Phi) is 3.64. The smallest absolute Gasteiger partial charge is 0.258 e. The van der Waals surface area contributed by atoms with Gasteiger partial charge in [0.05, 0.1) is 10.6 Å². The zero-order valence-electron chi connectivity index (χ0n) is 12.4. The Labute approximate surface area is 129 Å². The second-order valence-corrected chi connectivity index (χ2v) is 6.91. The number of benzene rings is 2. The highest BCUT2D eigenvalue weighted by Crippen LogP contribution is 2.39. The molecule has 0 aromatic heterocycles. The molecule has 7 heteroatoms. The van der Waals surface area contributed by atoms with Gasteiger partial charge in [-0.05, 0) is 25.2 Å². The van der Waals surface area contributed by atoms with E-state index in [0.29, 0.717) is 29.4 Å². The van der Waals surface area contributed by atoms with Crippen molar-refractivity contribution >= 4 is 32.4 Å². The molecule has 6 nitrogen and oxygen atoms in total. The minimum absolute atomic E-state index is 0.113. The first kappa shape index (κ1) is 15.0. The fourth-order valence-electron chi connectivity index (χ4n) is 2.73. The van der Waals surface area contributed by atoms with Crippen molar-refractivity contribution in [2.24, 2.45) is 0 Å². The van der Waals surface area contributed by atoms with Crippen LogP contribution in [0, 0.1) is 0 Å². The average molecular weight is 319 g/mol. The maximum Gasteiger partial charge on any atom is 0.258 e. The molecule has 0 spiro atoms. The summed E-state index contributed by atoms with van der Waals surface area (Å²) in [5, 5.41) is 4.16. The van der Waals surface area contributed by atoms with E-state index in [1.807, 2.05) is 0 Å². The predicted octanol–water partition coefficient (Wildman–Crippen LogP) is 0.927. The topological polar surface area (TPSA) is 78.5 Å². The van der Waals surface area contributed by atoms with Crippen LogP contribution in [-0.2, 0) is 10.0 Å². The summed E-state index contributed by atoms with van der Waals surface area (Å²) in [5.74, 6) is -0.113. The van der Waals surface area contributed by atoms with Crippen LogP contribution < -0.4 is 14.9 Å². The third-order valence-electron chi connectivity index (χ3n) is 3.83. The first-order valence-corrected chi connectivity index (χ1v) is 8.44. The molecule has 0 saturated carbocycles. The molecule has 0 radical (unpaired) electrons. The molecule has 2 aromatic carbocycles. The standard InChI is InChI=1S/C15H17N3O3S/c1-16-8-9-17-22(20,21)13-7-6-12-14-10(13)4-3-5-11(14)15(19)18(12)2/h3-7,16-17H,8-9H2,1-2H3. The number of hydrogen-bond acceptors (Lipinski definition) is 4. The van der Waals surface area contributed by atoms with Crippen molar-refractivity contribution in [2.45, 2.75) is 4.90 Å². The summed E-state index contributed by atoms with van der Waals surface area (Å²) in [7, 11) is -0.170. The van der Waals surface area contributed by atoms with E-state index in [2.05, 4.69) is 10.0 Å². The third kappa shape index (κ3) is 2.18. The van der Waals surface area contributed by atoms with Gasteiger partial charge in [0.25, 0.3) is 5.91 Å². The first-order chi connectivity index (χ1) is 10.5. The molecule has 0 atom stereocenters. The Morgan fingerprint density at radius 1 is 1.14 bits per heavy atom. The minimum Gasteiger partial charge on any atom is -0.318 e. The largest absolute Gasteiger partial charge is 0.318 e. The lowest BCUT2D eigenvalue weighted by Gasteiger charge is -2.12. The van der Waals surface area contributed by atoms with Gasteiger partial charge in [-0.1, -0.05) is 12.1 Å². The Morgan fingerprint density at radius 3 is 2.64 bits per heavy atom. The van der Waals surface area contributed by atoms with Gasteiger partial charge in [0, 0.05) is 36.5 Å². The van der Waals surface area contributed by atoms with Gasteiger partial charge in [-0.15, -0.1) is 0 Å². The summed E-state index contributed by atoms with van der Waals surface area (Å²) >= 11 is 0. The predicted molar refractivity (Wildman–Crippen MR) is 85.8 cm³/mol. The van der Waals surface area contributed by atoms with Crippen LogP contribution in [0.15, 0.2) is 35.2 Å². The fraction of sp³-hybridized carbons (Fsp3) is 0.267. The Morgan fingerprint density at radius 2 is 1.91 bits per heavy atom. The van der Waals surface area contributed by atoms with Gasteiger partial charge in [-0.2, -0.15) is 0 Å². The molecule has 0 unspecified atom stereocenters. The molecule has 1 aliphatic rings. The molecule has 1 heterocycles. The van der Waals surface area contributed by atoms with Crippen molar-refractivity contribution in [2.75, 3.05) is 32.1 Å². The molecule has 0 bridgehead atoms. The van der Waals surface area contributed by atoms with Crippen LogP contribution in [0.5, 0.6) is 0 Å². The van der Waals surface area contributed by atoms with Gasteiger partial charge in [-0.25, -0.2) is 13.1 Å². The van der Waals surface area contributed by atoms with E-state index in [-0.39, 0.29) is 10.8 Å². The zero-order chi connectivity index (χ0) is 15.9. The quantitative estimate of drug-likeness (QED) is 0.804. The van der Waals surface area contributed by atoms with Crippen LogP contribution in [0.4, 0.5) is 5.69 Å². The second-order valence-electron chi connectivity index (χ2n) is 5.18. The van der Waals surface area contributed by atoms with Crippen LogP contribution in [0.3, 0.4) is 0 Å². The lowest BCUT2D eigenvalue weighted by Crippen LogP contribution is -2.30. The third-order valence-corrected chi connectivity index (χ3v) is 5.35. The van der Waals surface area contributed by atoms with Crippen molar-refractivity contribution in [1.82, 2.24) is 10.0 Å². The normalized spacial score (nSPS) is 14.1. The zero-order valence-corrected chi connectivity index (χ0v) is 13.2. The van der Waals surface area contributed by atoms with Crippen molar-refractivity contribution in [3.8, 4) is 0 Å². The second kappa shape index (κ2) is 5.35. The maximum atomic E-state index is 12.5. The van der Waals surface area contributed by atoms with Crippen molar-refractivity contribution in [1.29, 1.82) is 0 Å². The van der Waals surface area contributed by atoms with Crippen molar-refractivity contribution in [3.63, 3.8) is 0 Å². The van der Waals surface area contributed by atoms with E-state index in [0.717, 1.165) is 5.69 Å². The summed E-state index contributed by atoms with van der Waals surface area (Å²) in [4.78, 5) is 13.9. The number of rotatable bonds is 5. The molecule has 1 amide bonds. The summed E-state index contributed by atoms with van der Waals surface area (Å²) in [6.45, 7) is 0.850. The van der Waals surface area contributed by atoms with Gasteiger partial charge in [-0.3, -0.25) is 4.79 Å². The van der Waals surface area contributed by atoms with Crippen molar-refractivity contribution in [3.05, 3.63) is 35.9 Å². The van der Waals surface area contributed by atoms with Gasteiger partial charge < -0.3 is 10.2 Å². The Balaban J connectivity index is 2.17. The number of likely N-dealkylation sites (N-methyl/N-ethyl adjacent to an activating group) is 1. The summed E-state index contributed by atoms with van der Waals surface area (Å²) in [6.07, 6.45) is 0. The number of hydrogen-bond donors (Lipinski definition) is 2. The minimum atomic E-state index is -3.62. The van der Waals surface area contributed by atoms with E-state index in [1.54, 1.807) is 49.3 Å². The highest BCUT2D eigenvalue weighted by molar-refractivity contribution is 7.89. The number of nitrogens with one attached hydrogen (secondary N) is 2. The lowest BCUT2D eigenvalue weighted by molar-refractivity contribution is 0.0999. The molecular weight excluding hydrogens is 302 g/mol. The van der Waals surface area contributed by atoms with Gasteiger partial charge in [0.1, 0.15) is 0 Å². The van der Waals surface area contributed by atoms with E-state index >= 15 is 0 Å². The first-order valence-electron chi connectivity index (χ1n) is 6.95. The molecule has 2 N–H and O–H groups in total. The van der Waals surface area contributed by atoms with Gasteiger partial charge >= 0.3 is 0 Å². The number of nitrogens with zero attached hydrogens (tertiary/aromatic N) is 1. The van der Waals surface area contributed by atoms with Crippen LogP contribution in [-0.4, -0.2) is 41.5 Å². The number of sulfonamides is 1. The van der Waals surface area contributed by atoms with Gasteiger partial charge in [0.2, 0.25) is 10.0 Å². The Bertz CT molecular complexity index is 862. The summed E-state index contributed by atoms with van der Waals surface area (Å²) in [5.41, 5.74) is 1.28. The number of anilines is 1. The molecule has 0 saturated heterocycles. The number of amides is 1.